The number of carbonyl (C=O) groups is 1. The van der Waals surface area contributed by atoms with E-state index in [0.29, 0.717) is 25.2 Å². The lowest BCUT2D eigenvalue weighted by Gasteiger charge is -2.26. The van der Waals surface area contributed by atoms with Crippen LogP contribution in [-0.4, -0.2) is 43.2 Å². The SMILES string of the molecule is Cc1cc(C)cc(C2CCCN2C(=O)c2cccc(S(=O)(=O)N3CCCC3)c2)c1. The number of benzene rings is 2. The molecule has 0 aliphatic carbocycles. The molecule has 2 aliphatic rings. The van der Waals surface area contributed by atoms with Crippen molar-refractivity contribution in [1.82, 2.24) is 9.21 Å². The van der Waals surface area contributed by atoms with Gasteiger partial charge < -0.3 is 4.90 Å². The number of likely N-dealkylation sites (tertiary alicyclic amines) is 1. The molecule has 5 nitrogen and oxygen atoms in total. The third kappa shape index (κ3) is 3.96. The minimum atomic E-state index is -3.53. The highest BCUT2D eigenvalue weighted by atomic mass is 32.2. The molecule has 4 rings (SSSR count). The van der Waals surface area contributed by atoms with Gasteiger partial charge in [-0.05, 0) is 63.3 Å². The molecule has 29 heavy (non-hydrogen) atoms. The molecule has 0 saturated carbocycles. The fourth-order valence-corrected chi connectivity index (χ4v) is 6.16. The molecule has 2 fully saturated rings. The summed E-state index contributed by atoms with van der Waals surface area (Å²) in [6.45, 7) is 5.96. The first kappa shape index (κ1) is 20.1. The molecule has 1 amide bonds. The summed E-state index contributed by atoms with van der Waals surface area (Å²) in [6, 6.07) is 13.0. The fourth-order valence-electron chi connectivity index (χ4n) is 4.59. The van der Waals surface area contributed by atoms with Crippen LogP contribution in [0, 0.1) is 13.8 Å². The Morgan fingerprint density at radius 1 is 0.931 bits per heavy atom. The summed E-state index contributed by atoms with van der Waals surface area (Å²) in [7, 11) is -3.53. The Bertz CT molecular complexity index is 1010. The van der Waals surface area contributed by atoms with E-state index in [-0.39, 0.29) is 16.8 Å². The van der Waals surface area contributed by atoms with Crippen LogP contribution in [0.1, 0.15) is 58.8 Å². The second kappa shape index (κ2) is 7.92. The van der Waals surface area contributed by atoms with Gasteiger partial charge in [0.25, 0.3) is 5.91 Å². The monoisotopic (exact) mass is 412 g/mol. The van der Waals surface area contributed by atoms with E-state index in [1.54, 1.807) is 24.3 Å². The minimum absolute atomic E-state index is 0.0416. The number of rotatable bonds is 4. The lowest BCUT2D eigenvalue weighted by Crippen LogP contribution is -2.31. The van der Waals surface area contributed by atoms with Crippen LogP contribution >= 0.6 is 0 Å². The average molecular weight is 413 g/mol. The molecule has 6 heteroatoms. The molecule has 0 N–H and O–H groups in total. The van der Waals surface area contributed by atoms with Crippen LogP contribution in [0.2, 0.25) is 0 Å². The first-order chi connectivity index (χ1) is 13.9. The maximum absolute atomic E-state index is 13.3. The lowest BCUT2D eigenvalue weighted by atomic mass is 9.99. The summed E-state index contributed by atoms with van der Waals surface area (Å²) in [5.41, 5.74) is 3.99. The maximum atomic E-state index is 13.3. The molecule has 1 unspecified atom stereocenters. The number of nitrogens with zero attached hydrogens (tertiary/aromatic N) is 2. The number of aryl methyl sites for hydroxylation is 2. The largest absolute Gasteiger partial charge is 0.332 e. The van der Waals surface area contributed by atoms with Gasteiger partial charge in [0.1, 0.15) is 0 Å². The van der Waals surface area contributed by atoms with Gasteiger partial charge in [0.15, 0.2) is 0 Å². The predicted molar refractivity (Wildman–Crippen MR) is 113 cm³/mol. The van der Waals surface area contributed by atoms with Crippen molar-refractivity contribution in [3.8, 4) is 0 Å². The van der Waals surface area contributed by atoms with Crippen LogP contribution in [-0.2, 0) is 10.0 Å². The van der Waals surface area contributed by atoms with E-state index >= 15 is 0 Å². The number of amides is 1. The first-order valence-corrected chi connectivity index (χ1v) is 11.8. The zero-order valence-electron chi connectivity index (χ0n) is 17.1. The van der Waals surface area contributed by atoms with Crippen molar-refractivity contribution in [2.45, 2.75) is 50.5 Å². The van der Waals surface area contributed by atoms with Crippen molar-refractivity contribution in [2.75, 3.05) is 19.6 Å². The summed E-state index contributed by atoms with van der Waals surface area (Å²) in [5.74, 6) is -0.0925. The zero-order valence-corrected chi connectivity index (χ0v) is 17.9. The van der Waals surface area contributed by atoms with Gasteiger partial charge in [0.2, 0.25) is 10.0 Å². The van der Waals surface area contributed by atoms with Crippen LogP contribution in [0.5, 0.6) is 0 Å². The Morgan fingerprint density at radius 2 is 1.62 bits per heavy atom. The van der Waals surface area contributed by atoms with Gasteiger partial charge in [-0.2, -0.15) is 4.31 Å². The Balaban J connectivity index is 1.62. The average Bonchev–Trinajstić information content (AvgIpc) is 3.39. The number of hydrogen-bond acceptors (Lipinski definition) is 3. The summed E-state index contributed by atoms with van der Waals surface area (Å²) in [6.07, 6.45) is 3.67. The molecule has 2 aliphatic heterocycles. The molecule has 2 aromatic carbocycles. The quantitative estimate of drug-likeness (QED) is 0.761. The van der Waals surface area contributed by atoms with E-state index in [4.69, 9.17) is 0 Å². The van der Waals surface area contributed by atoms with E-state index in [9.17, 15) is 13.2 Å². The van der Waals surface area contributed by atoms with Crippen molar-refractivity contribution in [3.05, 3.63) is 64.7 Å². The molecule has 0 aromatic heterocycles. The third-order valence-electron chi connectivity index (χ3n) is 5.93. The maximum Gasteiger partial charge on any atom is 0.254 e. The van der Waals surface area contributed by atoms with Crippen LogP contribution in [0.4, 0.5) is 0 Å². The van der Waals surface area contributed by atoms with Gasteiger partial charge in [0.05, 0.1) is 10.9 Å². The van der Waals surface area contributed by atoms with Gasteiger partial charge >= 0.3 is 0 Å². The van der Waals surface area contributed by atoms with Crippen molar-refractivity contribution in [2.24, 2.45) is 0 Å². The molecule has 0 radical (unpaired) electrons. The molecular weight excluding hydrogens is 384 g/mol. The molecule has 0 bridgehead atoms. The van der Waals surface area contributed by atoms with E-state index in [1.807, 2.05) is 4.90 Å². The predicted octanol–water partition coefficient (Wildman–Crippen LogP) is 4.07. The Labute approximate surface area is 173 Å². The summed E-state index contributed by atoms with van der Waals surface area (Å²) in [4.78, 5) is 15.4. The number of carbonyl (C=O) groups excluding carboxylic acids is 1. The topological polar surface area (TPSA) is 57.7 Å². The van der Waals surface area contributed by atoms with Crippen molar-refractivity contribution in [1.29, 1.82) is 0 Å². The van der Waals surface area contributed by atoms with Crippen molar-refractivity contribution in [3.63, 3.8) is 0 Å². The second-order valence-corrected chi connectivity index (χ2v) is 10.2. The second-order valence-electron chi connectivity index (χ2n) is 8.22. The minimum Gasteiger partial charge on any atom is -0.332 e. The van der Waals surface area contributed by atoms with Crippen LogP contribution < -0.4 is 0 Å². The molecule has 2 heterocycles. The molecule has 1 atom stereocenters. The fraction of sp³-hybridized carbons (Fsp3) is 0.435. The van der Waals surface area contributed by atoms with E-state index in [2.05, 4.69) is 32.0 Å². The van der Waals surface area contributed by atoms with Gasteiger partial charge in [-0.3, -0.25) is 4.79 Å². The molecular formula is C23H28N2O3S. The highest BCUT2D eigenvalue weighted by Gasteiger charge is 2.32. The van der Waals surface area contributed by atoms with Crippen molar-refractivity contribution < 1.29 is 13.2 Å². The molecule has 0 spiro atoms. The normalized spacial score (nSPS) is 20.3. The Morgan fingerprint density at radius 3 is 2.31 bits per heavy atom. The number of sulfonamides is 1. The molecule has 2 aromatic rings. The smallest absolute Gasteiger partial charge is 0.254 e. The standard InChI is InChI=1S/C23H28N2O3S/c1-17-13-18(2)15-20(14-17)22-9-6-12-25(22)23(26)19-7-5-8-21(16-19)29(27,28)24-10-3-4-11-24/h5,7-8,13-16,22H,3-4,6,9-12H2,1-2H3. The first-order valence-electron chi connectivity index (χ1n) is 10.4. The van der Waals surface area contributed by atoms with Crippen LogP contribution in [0.3, 0.4) is 0 Å². The molecule has 154 valence electrons. The van der Waals surface area contributed by atoms with E-state index in [0.717, 1.165) is 31.2 Å². The van der Waals surface area contributed by atoms with E-state index < -0.39 is 10.0 Å². The van der Waals surface area contributed by atoms with Crippen molar-refractivity contribution >= 4 is 15.9 Å². The highest BCUT2D eigenvalue weighted by molar-refractivity contribution is 7.89. The lowest BCUT2D eigenvalue weighted by molar-refractivity contribution is 0.0735. The summed E-state index contributed by atoms with van der Waals surface area (Å²) >= 11 is 0. The van der Waals surface area contributed by atoms with Gasteiger partial charge in [-0.15, -0.1) is 0 Å². The van der Waals surface area contributed by atoms with Gasteiger partial charge in [-0.25, -0.2) is 8.42 Å². The number of hydrogen-bond donors (Lipinski definition) is 0. The van der Waals surface area contributed by atoms with Gasteiger partial charge in [0, 0.05) is 25.2 Å². The third-order valence-corrected chi connectivity index (χ3v) is 7.82. The Kier molecular flexibility index (Phi) is 5.49. The highest BCUT2D eigenvalue weighted by Crippen LogP contribution is 2.34. The summed E-state index contributed by atoms with van der Waals surface area (Å²) in [5, 5.41) is 0. The van der Waals surface area contributed by atoms with Crippen LogP contribution in [0.25, 0.3) is 0 Å². The molecule has 2 saturated heterocycles. The Hall–Kier alpha value is -2.18. The summed E-state index contributed by atoms with van der Waals surface area (Å²) < 4.78 is 27.3. The van der Waals surface area contributed by atoms with Gasteiger partial charge in [-0.1, -0.05) is 35.4 Å². The zero-order chi connectivity index (χ0) is 20.6. The van der Waals surface area contributed by atoms with E-state index in [1.165, 1.54) is 15.4 Å². The van der Waals surface area contributed by atoms with Crippen LogP contribution in [0.15, 0.2) is 47.4 Å².